The van der Waals surface area contributed by atoms with Gasteiger partial charge in [0.15, 0.2) is 0 Å². The Labute approximate surface area is 170 Å². The zero-order valence-electron chi connectivity index (χ0n) is 15.5. The number of benzene rings is 3. The number of hydrogen-bond donors (Lipinski definition) is 4. The molecule has 3 aromatic carbocycles. The van der Waals surface area contributed by atoms with Gasteiger partial charge in [-0.2, -0.15) is 13.2 Å². The summed E-state index contributed by atoms with van der Waals surface area (Å²) in [6, 6.07) is 19.1. The molecule has 0 unspecified atom stereocenters. The number of halogens is 3. The van der Waals surface area contributed by atoms with Gasteiger partial charge in [-0.3, -0.25) is 15.6 Å². The van der Waals surface area contributed by atoms with Gasteiger partial charge in [-0.1, -0.05) is 30.3 Å². The first kappa shape index (κ1) is 20.7. The molecule has 0 radical (unpaired) electrons. The lowest BCUT2D eigenvalue weighted by Crippen LogP contribution is -2.30. The second-order valence-corrected chi connectivity index (χ2v) is 6.14. The molecule has 0 aliphatic rings. The van der Waals surface area contributed by atoms with Crippen LogP contribution in [0, 0.1) is 0 Å². The first-order valence-corrected chi connectivity index (χ1v) is 8.78. The van der Waals surface area contributed by atoms with E-state index in [4.69, 9.17) is 0 Å². The van der Waals surface area contributed by atoms with Crippen molar-refractivity contribution in [2.24, 2.45) is 0 Å². The van der Waals surface area contributed by atoms with Crippen LogP contribution < -0.4 is 21.5 Å². The Kier molecular flexibility index (Phi) is 6.21. The van der Waals surface area contributed by atoms with E-state index in [1.165, 1.54) is 42.5 Å². The average molecular weight is 414 g/mol. The quantitative estimate of drug-likeness (QED) is 0.438. The lowest BCUT2D eigenvalue weighted by Gasteiger charge is -2.15. The SMILES string of the molecule is O=C(Nc1ccccc1)Nc1ccc(C(=O)NNc2ccccc2C(F)(F)F)cc1. The summed E-state index contributed by atoms with van der Waals surface area (Å²) >= 11 is 0. The van der Waals surface area contributed by atoms with Crippen molar-refractivity contribution in [2.45, 2.75) is 6.18 Å². The maximum absolute atomic E-state index is 13.0. The van der Waals surface area contributed by atoms with Crippen LogP contribution in [-0.4, -0.2) is 11.9 Å². The lowest BCUT2D eigenvalue weighted by molar-refractivity contribution is -0.137. The molecule has 3 rings (SSSR count). The monoisotopic (exact) mass is 414 g/mol. The van der Waals surface area contributed by atoms with Gasteiger partial charge in [0, 0.05) is 16.9 Å². The molecule has 0 atom stereocenters. The molecule has 4 N–H and O–H groups in total. The zero-order chi connectivity index (χ0) is 21.6. The van der Waals surface area contributed by atoms with Crippen molar-refractivity contribution in [1.82, 2.24) is 5.43 Å². The summed E-state index contributed by atoms with van der Waals surface area (Å²) in [7, 11) is 0. The Bertz CT molecular complexity index is 1020. The topological polar surface area (TPSA) is 82.3 Å². The molecule has 0 saturated carbocycles. The Morgan fingerprint density at radius 3 is 1.90 bits per heavy atom. The number of amides is 3. The highest BCUT2D eigenvalue weighted by atomic mass is 19.4. The minimum Gasteiger partial charge on any atom is -0.308 e. The third kappa shape index (κ3) is 5.51. The van der Waals surface area contributed by atoms with Crippen LogP contribution >= 0.6 is 0 Å². The fraction of sp³-hybridized carbons (Fsp3) is 0.0476. The molecule has 0 bridgehead atoms. The van der Waals surface area contributed by atoms with Gasteiger partial charge in [-0.05, 0) is 48.5 Å². The molecule has 30 heavy (non-hydrogen) atoms. The number of rotatable bonds is 5. The second-order valence-electron chi connectivity index (χ2n) is 6.14. The van der Waals surface area contributed by atoms with E-state index in [0.717, 1.165) is 6.07 Å². The molecule has 0 aromatic heterocycles. The first-order valence-electron chi connectivity index (χ1n) is 8.78. The number of hydrazine groups is 1. The number of para-hydroxylation sites is 2. The molecule has 0 fully saturated rings. The molecule has 0 aliphatic heterocycles. The average Bonchev–Trinajstić information content (AvgIpc) is 2.73. The van der Waals surface area contributed by atoms with Crippen molar-refractivity contribution in [3.05, 3.63) is 90.0 Å². The minimum absolute atomic E-state index is 0.195. The Hall–Kier alpha value is -4.01. The highest BCUT2D eigenvalue weighted by molar-refractivity contribution is 6.00. The Morgan fingerprint density at radius 1 is 0.700 bits per heavy atom. The molecule has 9 heteroatoms. The summed E-state index contributed by atoms with van der Waals surface area (Å²) in [4.78, 5) is 24.2. The van der Waals surface area contributed by atoms with Crippen LogP contribution in [0.4, 0.5) is 35.0 Å². The van der Waals surface area contributed by atoms with Crippen molar-refractivity contribution in [3.8, 4) is 0 Å². The number of carbonyl (C=O) groups excluding carboxylic acids is 2. The van der Waals surface area contributed by atoms with Crippen molar-refractivity contribution in [1.29, 1.82) is 0 Å². The third-order valence-electron chi connectivity index (χ3n) is 3.98. The lowest BCUT2D eigenvalue weighted by atomic mass is 10.2. The van der Waals surface area contributed by atoms with E-state index in [9.17, 15) is 22.8 Å². The van der Waals surface area contributed by atoms with Gasteiger partial charge in [0.2, 0.25) is 0 Å². The summed E-state index contributed by atoms with van der Waals surface area (Å²) in [5.74, 6) is -0.632. The summed E-state index contributed by atoms with van der Waals surface area (Å²) < 4.78 is 39.0. The molecule has 154 valence electrons. The predicted octanol–water partition coefficient (Wildman–Crippen LogP) is 5.11. The van der Waals surface area contributed by atoms with Crippen LogP contribution in [0.15, 0.2) is 78.9 Å². The summed E-state index contributed by atoms with van der Waals surface area (Å²) in [5.41, 5.74) is 4.62. The molecule has 0 spiro atoms. The van der Waals surface area contributed by atoms with E-state index in [2.05, 4.69) is 21.5 Å². The van der Waals surface area contributed by atoms with Crippen LogP contribution in [0.5, 0.6) is 0 Å². The van der Waals surface area contributed by atoms with E-state index in [0.29, 0.717) is 11.4 Å². The van der Waals surface area contributed by atoms with Gasteiger partial charge in [-0.15, -0.1) is 0 Å². The molecule has 3 amide bonds. The van der Waals surface area contributed by atoms with Crippen LogP contribution in [0.1, 0.15) is 15.9 Å². The van der Waals surface area contributed by atoms with E-state index in [1.54, 1.807) is 24.3 Å². The number of alkyl halides is 3. The number of carbonyl (C=O) groups is 2. The van der Waals surface area contributed by atoms with Crippen molar-refractivity contribution < 1.29 is 22.8 Å². The fourth-order valence-electron chi connectivity index (χ4n) is 2.56. The number of nitrogens with one attached hydrogen (secondary N) is 4. The number of anilines is 3. The van der Waals surface area contributed by atoms with Crippen LogP contribution in [-0.2, 0) is 6.18 Å². The smallest absolute Gasteiger partial charge is 0.308 e. The van der Waals surface area contributed by atoms with Crippen molar-refractivity contribution in [2.75, 3.05) is 16.1 Å². The van der Waals surface area contributed by atoms with Gasteiger partial charge in [-0.25, -0.2) is 4.79 Å². The number of hydrogen-bond acceptors (Lipinski definition) is 3. The van der Waals surface area contributed by atoms with Gasteiger partial charge in [0.1, 0.15) is 0 Å². The van der Waals surface area contributed by atoms with E-state index in [1.807, 2.05) is 6.07 Å². The molecular weight excluding hydrogens is 397 g/mol. The van der Waals surface area contributed by atoms with Gasteiger partial charge < -0.3 is 10.6 Å². The Balaban J connectivity index is 1.57. The van der Waals surface area contributed by atoms with Crippen LogP contribution in [0.2, 0.25) is 0 Å². The molecular formula is C21H17F3N4O2. The highest BCUT2D eigenvalue weighted by Crippen LogP contribution is 2.34. The van der Waals surface area contributed by atoms with Crippen molar-refractivity contribution in [3.63, 3.8) is 0 Å². The Morgan fingerprint density at radius 2 is 1.27 bits per heavy atom. The van der Waals surface area contributed by atoms with E-state index in [-0.39, 0.29) is 11.3 Å². The summed E-state index contributed by atoms with van der Waals surface area (Å²) in [6.45, 7) is 0. The molecule has 0 aliphatic carbocycles. The second kappa shape index (κ2) is 8.99. The maximum Gasteiger partial charge on any atom is 0.418 e. The first-order chi connectivity index (χ1) is 14.3. The van der Waals surface area contributed by atoms with Crippen LogP contribution in [0.3, 0.4) is 0 Å². The van der Waals surface area contributed by atoms with E-state index < -0.39 is 23.7 Å². The maximum atomic E-state index is 13.0. The zero-order valence-corrected chi connectivity index (χ0v) is 15.5. The molecule has 6 nitrogen and oxygen atoms in total. The third-order valence-corrected chi connectivity index (χ3v) is 3.98. The standard InChI is InChI=1S/C21H17F3N4O2/c22-21(23,24)17-8-4-5-9-18(17)27-28-19(29)14-10-12-16(13-11-14)26-20(30)25-15-6-2-1-3-7-15/h1-13,27H,(H,28,29)(H2,25,26,30). The largest absolute Gasteiger partial charge is 0.418 e. The van der Waals surface area contributed by atoms with Gasteiger partial charge in [0.05, 0.1) is 11.3 Å². The fourth-order valence-corrected chi connectivity index (χ4v) is 2.56. The minimum atomic E-state index is -4.55. The van der Waals surface area contributed by atoms with Crippen LogP contribution in [0.25, 0.3) is 0 Å². The molecule has 0 heterocycles. The predicted molar refractivity (Wildman–Crippen MR) is 108 cm³/mol. The summed E-state index contributed by atoms with van der Waals surface area (Å²) in [6.07, 6.45) is -4.55. The van der Waals surface area contributed by atoms with Gasteiger partial charge in [0.25, 0.3) is 5.91 Å². The normalized spacial score (nSPS) is 10.8. The molecule has 3 aromatic rings. The highest BCUT2D eigenvalue weighted by Gasteiger charge is 2.33. The summed E-state index contributed by atoms with van der Waals surface area (Å²) in [5, 5.41) is 5.27. The number of urea groups is 1. The van der Waals surface area contributed by atoms with Gasteiger partial charge >= 0.3 is 12.2 Å². The molecule has 0 saturated heterocycles. The van der Waals surface area contributed by atoms with Crippen molar-refractivity contribution >= 4 is 29.0 Å². The van der Waals surface area contributed by atoms with E-state index >= 15 is 0 Å².